The molecule has 2 amide bonds. The van der Waals surface area contributed by atoms with Gasteiger partial charge in [0, 0.05) is 42.2 Å². The first-order valence-corrected chi connectivity index (χ1v) is 12.6. The van der Waals surface area contributed by atoms with Gasteiger partial charge in [0.1, 0.15) is 11.7 Å². The minimum absolute atomic E-state index is 0.0301. The van der Waals surface area contributed by atoms with E-state index < -0.39 is 35.6 Å². The summed E-state index contributed by atoms with van der Waals surface area (Å²) in [6.07, 6.45) is 3.54. The molecule has 1 fully saturated rings. The van der Waals surface area contributed by atoms with E-state index in [1.807, 2.05) is 12.2 Å². The first-order valence-electron chi connectivity index (χ1n) is 12.6. The van der Waals surface area contributed by atoms with Gasteiger partial charge in [-0.3, -0.25) is 4.79 Å². The predicted molar refractivity (Wildman–Crippen MR) is 133 cm³/mol. The topological polar surface area (TPSA) is 88.7 Å². The van der Waals surface area contributed by atoms with E-state index in [-0.39, 0.29) is 36.9 Å². The molecule has 37 heavy (non-hydrogen) atoms. The smallest absolute Gasteiger partial charge is 0.416 e. The molecule has 2 heterocycles. The van der Waals surface area contributed by atoms with Crippen molar-refractivity contribution in [2.75, 3.05) is 18.4 Å². The van der Waals surface area contributed by atoms with Gasteiger partial charge in [-0.05, 0) is 58.2 Å². The standard InChI is InChI=1S/C27H34F3N3O4/c1-26(2,3)37-25(35)32-14-13-31-24(34)21-12-10-18-22(16-7-5-4-6-8-16)33-20-11-9-17(27(28,29)30)15-19(20)23(18)36-21/h4-7,9,11,15-16,18,21-23,33H,8,10,12-14H2,1-3H3,(H,31,34)(H,32,35)/t16?,18-,21+,22-,23-/m0/s1. The van der Waals surface area contributed by atoms with E-state index in [9.17, 15) is 22.8 Å². The summed E-state index contributed by atoms with van der Waals surface area (Å²) in [5.41, 5.74) is -0.340. The molecule has 1 aromatic carbocycles. The number of benzene rings is 1. The summed E-state index contributed by atoms with van der Waals surface area (Å²) in [5.74, 6) is -0.274. The molecule has 1 saturated heterocycles. The van der Waals surface area contributed by atoms with Crippen LogP contribution in [0.5, 0.6) is 0 Å². The van der Waals surface area contributed by atoms with Gasteiger partial charge in [0.2, 0.25) is 5.91 Å². The van der Waals surface area contributed by atoms with Gasteiger partial charge < -0.3 is 25.4 Å². The zero-order valence-corrected chi connectivity index (χ0v) is 21.2. The van der Waals surface area contributed by atoms with Crippen LogP contribution in [0.15, 0.2) is 42.5 Å². The van der Waals surface area contributed by atoms with Crippen molar-refractivity contribution in [3.63, 3.8) is 0 Å². The first kappa shape index (κ1) is 27.0. The molecular weight excluding hydrogens is 487 g/mol. The Morgan fingerprint density at radius 3 is 2.54 bits per heavy atom. The number of rotatable bonds is 5. The van der Waals surface area contributed by atoms with E-state index in [2.05, 4.69) is 28.1 Å². The van der Waals surface area contributed by atoms with Crippen LogP contribution in [0.3, 0.4) is 0 Å². The van der Waals surface area contributed by atoms with Crippen molar-refractivity contribution >= 4 is 17.7 Å². The van der Waals surface area contributed by atoms with Crippen LogP contribution >= 0.6 is 0 Å². The molecule has 1 aliphatic carbocycles. The molecule has 202 valence electrons. The third-order valence-corrected chi connectivity index (χ3v) is 6.79. The molecule has 5 atom stereocenters. The van der Waals surface area contributed by atoms with E-state index in [0.29, 0.717) is 24.1 Å². The highest BCUT2D eigenvalue weighted by molar-refractivity contribution is 5.81. The summed E-state index contributed by atoms with van der Waals surface area (Å²) < 4.78 is 51.9. The third kappa shape index (κ3) is 6.66. The lowest BCUT2D eigenvalue weighted by Crippen LogP contribution is -2.50. The average molecular weight is 522 g/mol. The Kier molecular flexibility index (Phi) is 7.87. The van der Waals surface area contributed by atoms with Gasteiger partial charge in [-0.2, -0.15) is 13.2 Å². The number of nitrogens with one attached hydrogen (secondary N) is 3. The second-order valence-corrected chi connectivity index (χ2v) is 10.7. The number of alkyl carbamates (subject to hydrolysis) is 1. The second-order valence-electron chi connectivity index (χ2n) is 10.7. The lowest BCUT2D eigenvalue weighted by molar-refractivity contribution is -0.150. The summed E-state index contributed by atoms with van der Waals surface area (Å²) in [4.78, 5) is 24.6. The van der Waals surface area contributed by atoms with Crippen molar-refractivity contribution < 1.29 is 32.2 Å². The first-order chi connectivity index (χ1) is 17.4. The minimum Gasteiger partial charge on any atom is -0.444 e. The molecule has 1 unspecified atom stereocenters. The third-order valence-electron chi connectivity index (χ3n) is 6.79. The quantitative estimate of drug-likeness (QED) is 0.469. The number of ether oxygens (including phenoxy) is 2. The van der Waals surface area contributed by atoms with Crippen LogP contribution < -0.4 is 16.0 Å². The second kappa shape index (κ2) is 10.8. The lowest BCUT2D eigenvalue weighted by atomic mass is 9.73. The fourth-order valence-corrected chi connectivity index (χ4v) is 5.17. The summed E-state index contributed by atoms with van der Waals surface area (Å²) in [5, 5.41) is 8.80. The molecule has 0 spiro atoms. The molecule has 0 saturated carbocycles. The minimum atomic E-state index is -4.48. The van der Waals surface area contributed by atoms with Gasteiger partial charge in [0.05, 0.1) is 11.7 Å². The zero-order chi connectivity index (χ0) is 26.8. The van der Waals surface area contributed by atoms with Crippen molar-refractivity contribution in [1.82, 2.24) is 10.6 Å². The Hall–Kier alpha value is -3.01. The maximum Gasteiger partial charge on any atom is 0.416 e. The van der Waals surface area contributed by atoms with Gasteiger partial charge in [0.25, 0.3) is 0 Å². The number of hydrogen-bond donors (Lipinski definition) is 3. The molecule has 3 aliphatic rings. The van der Waals surface area contributed by atoms with E-state index >= 15 is 0 Å². The number of halogens is 3. The van der Waals surface area contributed by atoms with E-state index in [0.717, 1.165) is 18.6 Å². The molecule has 0 aromatic heterocycles. The Morgan fingerprint density at radius 1 is 1.11 bits per heavy atom. The Morgan fingerprint density at radius 2 is 1.86 bits per heavy atom. The predicted octanol–water partition coefficient (Wildman–Crippen LogP) is 5.11. The Balaban J connectivity index is 1.45. The van der Waals surface area contributed by atoms with Crippen LogP contribution in [-0.2, 0) is 20.4 Å². The van der Waals surface area contributed by atoms with E-state index in [4.69, 9.17) is 9.47 Å². The fourth-order valence-electron chi connectivity index (χ4n) is 5.17. The maximum absolute atomic E-state index is 13.5. The fraction of sp³-hybridized carbons (Fsp3) is 0.556. The molecule has 3 N–H and O–H groups in total. The highest BCUT2D eigenvalue weighted by Gasteiger charge is 2.46. The lowest BCUT2D eigenvalue weighted by Gasteiger charge is -2.47. The molecule has 4 rings (SSSR count). The Bertz CT molecular complexity index is 1060. The number of anilines is 1. The monoisotopic (exact) mass is 521 g/mol. The summed E-state index contributed by atoms with van der Waals surface area (Å²) in [6.45, 7) is 5.61. The van der Waals surface area contributed by atoms with Crippen LogP contribution in [0, 0.1) is 11.8 Å². The van der Waals surface area contributed by atoms with Crippen LogP contribution in [0.2, 0.25) is 0 Å². The maximum atomic E-state index is 13.5. The van der Waals surface area contributed by atoms with E-state index in [1.54, 1.807) is 20.8 Å². The van der Waals surface area contributed by atoms with Crippen LogP contribution in [-0.4, -0.2) is 42.8 Å². The van der Waals surface area contributed by atoms with E-state index in [1.165, 1.54) is 6.07 Å². The van der Waals surface area contributed by atoms with Crippen molar-refractivity contribution in [2.45, 2.75) is 70.1 Å². The SMILES string of the molecule is CC(C)(C)OC(=O)NCCNC(=O)[C@H]1CC[C@@H]2[C@H](O1)c1cc(C(F)(F)F)ccc1N[C@H]2C1C=CC=CC1. The van der Waals surface area contributed by atoms with Crippen molar-refractivity contribution in [2.24, 2.45) is 11.8 Å². The van der Waals surface area contributed by atoms with Crippen molar-refractivity contribution in [1.29, 1.82) is 0 Å². The number of fused-ring (bicyclic) bond motifs is 3. The van der Waals surface area contributed by atoms with Crippen molar-refractivity contribution in [3.05, 3.63) is 53.6 Å². The molecule has 1 aromatic rings. The Labute approximate surface area is 214 Å². The van der Waals surface area contributed by atoms with Gasteiger partial charge in [-0.25, -0.2) is 4.79 Å². The molecular formula is C27H34F3N3O4. The van der Waals surface area contributed by atoms with Gasteiger partial charge in [-0.1, -0.05) is 24.3 Å². The van der Waals surface area contributed by atoms with Gasteiger partial charge in [-0.15, -0.1) is 0 Å². The van der Waals surface area contributed by atoms with Crippen LogP contribution in [0.25, 0.3) is 0 Å². The highest BCUT2D eigenvalue weighted by Crippen LogP contribution is 2.49. The summed E-state index contributed by atoms with van der Waals surface area (Å²) in [6, 6.07) is 3.64. The van der Waals surface area contributed by atoms with Crippen molar-refractivity contribution in [3.8, 4) is 0 Å². The average Bonchev–Trinajstić information content (AvgIpc) is 2.84. The normalized spacial score (nSPS) is 26.9. The summed E-state index contributed by atoms with van der Waals surface area (Å²) in [7, 11) is 0. The van der Waals surface area contributed by atoms with Crippen LogP contribution in [0.4, 0.5) is 23.7 Å². The highest BCUT2D eigenvalue weighted by atomic mass is 19.4. The molecule has 7 nitrogen and oxygen atoms in total. The molecule has 10 heteroatoms. The van der Waals surface area contributed by atoms with Crippen LogP contribution in [0.1, 0.15) is 57.3 Å². The van der Waals surface area contributed by atoms with Gasteiger partial charge in [0.15, 0.2) is 0 Å². The molecule has 0 bridgehead atoms. The number of allylic oxidation sites excluding steroid dienone is 3. The molecule has 2 aliphatic heterocycles. The number of alkyl halides is 3. The summed E-state index contributed by atoms with van der Waals surface area (Å²) >= 11 is 0. The molecule has 0 radical (unpaired) electrons. The van der Waals surface area contributed by atoms with Gasteiger partial charge >= 0.3 is 12.3 Å². The number of amides is 2. The number of hydrogen-bond acceptors (Lipinski definition) is 5. The number of carbonyl (C=O) groups excluding carboxylic acids is 2. The zero-order valence-electron chi connectivity index (χ0n) is 21.2. The number of carbonyl (C=O) groups is 2. The largest absolute Gasteiger partial charge is 0.444 e.